The first-order chi connectivity index (χ1) is 13.7. The average Bonchev–Trinajstić information content (AvgIpc) is 3.32. The number of carbonyl (C=O) groups is 1. The molecule has 0 bridgehead atoms. The summed E-state index contributed by atoms with van der Waals surface area (Å²) in [6.45, 7) is 4.48. The Morgan fingerprint density at radius 2 is 1.96 bits per heavy atom. The van der Waals surface area contributed by atoms with Crippen molar-refractivity contribution in [2.75, 3.05) is 26.7 Å². The number of aromatic nitrogens is 4. The second-order valence-electron chi connectivity index (χ2n) is 8.06. The molecular weight excluding hydrogens is 352 g/mol. The molecule has 0 spiro atoms. The molecule has 1 amide bonds. The summed E-state index contributed by atoms with van der Waals surface area (Å²) in [5.74, 6) is 2.81. The van der Waals surface area contributed by atoms with Crippen molar-refractivity contribution in [3.8, 4) is 0 Å². The van der Waals surface area contributed by atoms with E-state index in [2.05, 4.69) is 37.8 Å². The predicted octanol–water partition coefficient (Wildman–Crippen LogP) is 2.15. The van der Waals surface area contributed by atoms with E-state index in [9.17, 15) is 4.79 Å². The van der Waals surface area contributed by atoms with E-state index in [-0.39, 0.29) is 5.91 Å². The van der Waals surface area contributed by atoms with Gasteiger partial charge in [0.25, 0.3) is 0 Å². The van der Waals surface area contributed by atoms with Gasteiger partial charge >= 0.3 is 0 Å². The first-order valence-corrected chi connectivity index (χ1v) is 10.1. The Morgan fingerprint density at radius 1 is 1.14 bits per heavy atom. The van der Waals surface area contributed by atoms with Crippen LogP contribution in [0.15, 0.2) is 30.5 Å². The zero-order valence-electron chi connectivity index (χ0n) is 16.3. The van der Waals surface area contributed by atoms with Crippen molar-refractivity contribution >= 4 is 16.8 Å². The molecule has 7 heteroatoms. The van der Waals surface area contributed by atoms with Crippen LogP contribution < -0.4 is 0 Å². The number of benzene rings is 1. The smallest absolute Gasteiger partial charge is 0.227 e. The molecule has 3 aromatic rings. The number of rotatable bonds is 3. The third kappa shape index (κ3) is 3.09. The summed E-state index contributed by atoms with van der Waals surface area (Å²) in [5, 5.41) is 10.0. The van der Waals surface area contributed by atoms with E-state index in [1.807, 2.05) is 29.3 Å². The van der Waals surface area contributed by atoms with Gasteiger partial charge < -0.3 is 14.5 Å². The van der Waals surface area contributed by atoms with Crippen molar-refractivity contribution in [3.63, 3.8) is 0 Å². The Morgan fingerprint density at radius 3 is 2.82 bits per heavy atom. The highest BCUT2D eigenvalue weighted by atomic mass is 16.2. The van der Waals surface area contributed by atoms with Crippen LogP contribution in [0, 0.1) is 0 Å². The number of likely N-dealkylation sites (N-methyl/N-ethyl adjacent to an activating group) is 1. The van der Waals surface area contributed by atoms with Crippen molar-refractivity contribution in [2.45, 2.75) is 38.3 Å². The average molecular weight is 378 g/mol. The lowest BCUT2D eigenvalue weighted by molar-refractivity contribution is -0.131. The summed E-state index contributed by atoms with van der Waals surface area (Å²) < 4.78 is 2.30. The van der Waals surface area contributed by atoms with Crippen LogP contribution in [-0.2, 0) is 24.3 Å². The van der Waals surface area contributed by atoms with Crippen LogP contribution in [-0.4, -0.2) is 62.1 Å². The third-order valence-corrected chi connectivity index (χ3v) is 6.20. The summed E-state index contributed by atoms with van der Waals surface area (Å²) >= 11 is 0. The topological polar surface area (TPSA) is 70.1 Å². The largest absolute Gasteiger partial charge is 0.361 e. The quantitative estimate of drug-likeness (QED) is 0.758. The minimum Gasteiger partial charge on any atom is -0.361 e. The number of para-hydroxylation sites is 1. The molecule has 1 saturated heterocycles. The van der Waals surface area contributed by atoms with Crippen LogP contribution in [0.25, 0.3) is 10.9 Å². The standard InChI is InChI=1S/C21H26N6O/c1-25-10-11-27-19(14-25)23-24-21(27)15-6-8-26(9-7-15)20(28)12-16-13-22-18-5-3-2-4-17(16)18/h2-5,13,15,22H,6-12,14H2,1H3. The maximum absolute atomic E-state index is 12.8. The molecule has 28 heavy (non-hydrogen) atoms. The molecule has 2 aliphatic heterocycles. The summed E-state index contributed by atoms with van der Waals surface area (Å²) in [4.78, 5) is 20.4. The van der Waals surface area contributed by atoms with Crippen LogP contribution >= 0.6 is 0 Å². The molecule has 0 radical (unpaired) electrons. The number of likely N-dealkylation sites (tertiary alicyclic amines) is 1. The van der Waals surface area contributed by atoms with Gasteiger partial charge in [-0.3, -0.25) is 9.69 Å². The van der Waals surface area contributed by atoms with Gasteiger partial charge in [-0.1, -0.05) is 18.2 Å². The highest BCUT2D eigenvalue weighted by Crippen LogP contribution is 2.29. The maximum atomic E-state index is 12.8. The number of nitrogens with one attached hydrogen (secondary N) is 1. The molecule has 0 unspecified atom stereocenters. The van der Waals surface area contributed by atoms with Gasteiger partial charge in [-0.25, -0.2) is 0 Å². The number of hydrogen-bond acceptors (Lipinski definition) is 4. The lowest BCUT2D eigenvalue weighted by Crippen LogP contribution is -2.39. The molecule has 2 aliphatic rings. The number of aromatic amines is 1. The summed E-state index contributed by atoms with van der Waals surface area (Å²) in [6, 6.07) is 8.15. The van der Waals surface area contributed by atoms with Crippen molar-refractivity contribution in [2.24, 2.45) is 0 Å². The van der Waals surface area contributed by atoms with E-state index in [1.165, 1.54) is 0 Å². The monoisotopic (exact) mass is 378 g/mol. The van der Waals surface area contributed by atoms with Crippen molar-refractivity contribution < 1.29 is 4.79 Å². The zero-order chi connectivity index (χ0) is 19.1. The van der Waals surface area contributed by atoms with E-state index < -0.39 is 0 Å². The molecule has 1 fully saturated rings. The summed E-state index contributed by atoms with van der Waals surface area (Å²) in [6.07, 6.45) is 4.36. The van der Waals surface area contributed by atoms with E-state index in [1.54, 1.807) is 0 Å². The van der Waals surface area contributed by atoms with Crippen LogP contribution in [0.5, 0.6) is 0 Å². The molecule has 5 rings (SSSR count). The molecule has 7 nitrogen and oxygen atoms in total. The highest BCUT2D eigenvalue weighted by Gasteiger charge is 2.29. The Hall–Kier alpha value is -2.67. The summed E-state index contributed by atoms with van der Waals surface area (Å²) in [7, 11) is 2.12. The lowest BCUT2D eigenvalue weighted by atomic mass is 9.95. The van der Waals surface area contributed by atoms with Gasteiger partial charge in [0.15, 0.2) is 0 Å². The number of nitrogens with zero attached hydrogens (tertiary/aromatic N) is 5. The van der Waals surface area contributed by atoms with Gasteiger partial charge in [-0.15, -0.1) is 10.2 Å². The molecule has 146 valence electrons. The lowest BCUT2D eigenvalue weighted by Gasteiger charge is -2.32. The van der Waals surface area contributed by atoms with E-state index in [4.69, 9.17) is 0 Å². The predicted molar refractivity (Wildman–Crippen MR) is 107 cm³/mol. The van der Waals surface area contributed by atoms with Crippen LogP contribution in [0.3, 0.4) is 0 Å². The molecule has 4 heterocycles. The Balaban J connectivity index is 1.23. The first kappa shape index (κ1) is 17.4. The van der Waals surface area contributed by atoms with Crippen LogP contribution in [0.4, 0.5) is 0 Å². The first-order valence-electron chi connectivity index (χ1n) is 10.1. The third-order valence-electron chi connectivity index (χ3n) is 6.20. The van der Waals surface area contributed by atoms with E-state index >= 15 is 0 Å². The van der Waals surface area contributed by atoms with Gasteiger partial charge in [-0.05, 0) is 31.5 Å². The summed E-state index contributed by atoms with van der Waals surface area (Å²) in [5.41, 5.74) is 2.17. The van der Waals surface area contributed by atoms with Crippen LogP contribution in [0.2, 0.25) is 0 Å². The Kier molecular flexibility index (Phi) is 4.39. The Labute approximate surface area is 164 Å². The number of H-pyrrole nitrogens is 1. The van der Waals surface area contributed by atoms with Gasteiger partial charge in [-0.2, -0.15) is 0 Å². The number of piperidine rings is 1. The zero-order valence-corrected chi connectivity index (χ0v) is 16.3. The van der Waals surface area contributed by atoms with Crippen molar-refractivity contribution in [1.82, 2.24) is 29.5 Å². The second kappa shape index (κ2) is 7.05. The van der Waals surface area contributed by atoms with Gasteiger partial charge in [0.1, 0.15) is 11.6 Å². The fourth-order valence-electron chi connectivity index (χ4n) is 4.54. The molecule has 1 N–H and O–H groups in total. The fraction of sp³-hybridized carbons (Fsp3) is 0.476. The van der Waals surface area contributed by atoms with Crippen LogP contribution in [0.1, 0.15) is 36.0 Å². The van der Waals surface area contributed by atoms with E-state index in [0.29, 0.717) is 12.3 Å². The second-order valence-corrected chi connectivity index (χ2v) is 8.06. The molecule has 0 saturated carbocycles. The van der Waals surface area contributed by atoms with Crippen molar-refractivity contribution in [1.29, 1.82) is 0 Å². The molecule has 2 aromatic heterocycles. The maximum Gasteiger partial charge on any atom is 0.227 e. The SMILES string of the molecule is CN1CCn2c(nnc2C2CCN(C(=O)Cc3c[nH]c4ccccc34)CC2)C1. The molecule has 0 atom stereocenters. The number of fused-ring (bicyclic) bond motifs is 2. The normalized spacial score (nSPS) is 18.5. The number of hydrogen-bond donors (Lipinski definition) is 1. The number of carbonyl (C=O) groups excluding carboxylic acids is 1. The molecule has 1 aromatic carbocycles. The minimum atomic E-state index is 0.216. The van der Waals surface area contributed by atoms with Gasteiger partial charge in [0, 0.05) is 49.2 Å². The van der Waals surface area contributed by atoms with Crippen molar-refractivity contribution in [3.05, 3.63) is 47.7 Å². The molecular formula is C21H26N6O. The van der Waals surface area contributed by atoms with E-state index in [0.717, 1.165) is 73.7 Å². The minimum absolute atomic E-state index is 0.216. The molecule has 0 aliphatic carbocycles. The van der Waals surface area contributed by atoms with Gasteiger partial charge in [0.2, 0.25) is 5.91 Å². The number of amides is 1. The van der Waals surface area contributed by atoms with Gasteiger partial charge in [0.05, 0.1) is 13.0 Å². The highest BCUT2D eigenvalue weighted by molar-refractivity contribution is 5.88. The Bertz CT molecular complexity index is 997. The fourth-order valence-corrected chi connectivity index (χ4v) is 4.54.